The summed E-state index contributed by atoms with van der Waals surface area (Å²) in [6.45, 7) is 3.96. The van der Waals surface area contributed by atoms with Crippen molar-refractivity contribution in [3.63, 3.8) is 0 Å². The van der Waals surface area contributed by atoms with Gasteiger partial charge in [0, 0.05) is 22.7 Å². The number of rotatable bonds is 6. The Labute approximate surface area is 172 Å². The van der Waals surface area contributed by atoms with E-state index in [0.29, 0.717) is 5.52 Å². The van der Waals surface area contributed by atoms with E-state index >= 15 is 0 Å². The minimum atomic E-state index is -0.535. The Morgan fingerprint density at radius 1 is 1.21 bits per heavy atom. The number of fused-ring (bicyclic) bond motifs is 3. The SMILES string of the molecule is CCC[C@H](NC(=O)[C@H](C)n1c2ccccc2c2cnn(C)c(=O)c21)c1cccs1. The second-order valence-corrected chi connectivity index (χ2v) is 8.24. The molecule has 7 heteroatoms. The van der Waals surface area contributed by atoms with Crippen LogP contribution >= 0.6 is 11.3 Å². The second-order valence-electron chi connectivity index (χ2n) is 7.26. The summed E-state index contributed by atoms with van der Waals surface area (Å²) in [7, 11) is 1.63. The number of nitrogens with zero attached hydrogens (tertiary/aromatic N) is 3. The first-order chi connectivity index (χ1) is 14.0. The molecule has 3 aromatic heterocycles. The molecule has 2 atom stereocenters. The lowest BCUT2D eigenvalue weighted by atomic mass is 10.1. The third-order valence-corrected chi connectivity index (χ3v) is 6.34. The van der Waals surface area contributed by atoms with Crippen molar-refractivity contribution < 1.29 is 4.79 Å². The van der Waals surface area contributed by atoms with E-state index in [1.165, 1.54) is 4.68 Å². The summed E-state index contributed by atoms with van der Waals surface area (Å²) in [5.41, 5.74) is 1.16. The van der Waals surface area contributed by atoms with Crippen molar-refractivity contribution in [3.8, 4) is 0 Å². The lowest BCUT2D eigenvalue weighted by molar-refractivity contribution is -0.124. The largest absolute Gasteiger partial charge is 0.347 e. The van der Waals surface area contributed by atoms with Crippen molar-refractivity contribution in [2.24, 2.45) is 7.05 Å². The van der Waals surface area contributed by atoms with E-state index in [4.69, 9.17) is 0 Å². The van der Waals surface area contributed by atoms with E-state index in [2.05, 4.69) is 23.4 Å². The average molecular weight is 409 g/mol. The van der Waals surface area contributed by atoms with Gasteiger partial charge >= 0.3 is 0 Å². The molecule has 0 bridgehead atoms. The van der Waals surface area contributed by atoms with E-state index in [9.17, 15) is 9.59 Å². The molecule has 0 saturated heterocycles. The highest BCUT2D eigenvalue weighted by Crippen LogP contribution is 2.30. The van der Waals surface area contributed by atoms with Gasteiger partial charge in [-0.25, -0.2) is 4.68 Å². The summed E-state index contributed by atoms with van der Waals surface area (Å²) in [5, 5.41) is 11.1. The van der Waals surface area contributed by atoms with Crippen LogP contribution in [0.4, 0.5) is 0 Å². The molecule has 3 heterocycles. The van der Waals surface area contributed by atoms with Gasteiger partial charge in [0.25, 0.3) is 5.56 Å². The molecule has 1 aromatic carbocycles. The Morgan fingerprint density at radius 3 is 2.72 bits per heavy atom. The first-order valence-electron chi connectivity index (χ1n) is 9.81. The number of thiophene rings is 1. The fourth-order valence-electron chi connectivity index (χ4n) is 3.86. The number of carbonyl (C=O) groups excluding carboxylic acids is 1. The minimum absolute atomic E-state index is 0.0208. The van der Waals surface area contributed by atoms with Crippen molar-refractivity contribution in [2.45, 2.75) is 38.8 Å². The van der Waals surface area contributed by atoms with Crippen LogP contribution < -0.4 is 10.9 Å². The van der Waals surface area contributed by atoms with Crippen LogP contribution in [0.15, 0.2) is 52.8 Å². The van der Waals surface area contributed by atoms with Gasteiger partial charge in [-0.05, 0) is 30.9 Å². The molecule has 150 valence electrons. The van der Waals surface area contributed by atoms with Crippen LogP contribution in [0.5, 0.6) is 0 Å². The zero-order valence-corrected chi connectivity index (χ0v) is 17.6. The average Bonchev–Trinajstić information content (AvgIpc) is 3.36. The summed E-state index contributed by atoms with van der Waals surface area (Å²) < 4.78 is 3.16. The van der Waals surface area contributed by atoms with Crippen LogP contribution in [0.3, 0.4) is 0 Å². The quantitative estimate of drug-likeness (QED) is 0.521. The van der Waals surface area contributed by atoms with E-state index in [0.717, 1.165) is 34.0 Å². The van der Waals surface area contributed by atoms with E-state index in [1.54, 1.807) is 24.6 Å². The van der Waals surface area contributed by atoms with Crippen molar-refractivity contribution in [3.05, 3.63) is 63.2 Å². The molecule has 6 nitrogen and oxygen atoms in total. The molecular weight excluding hydrogens is 384 g/mol. The fraction of sp³-hybridized carbons (Fsp3) is 0.318. The summed E-state index contributed by atoms with van der Waals surface area (Å²) in [6, 6.07) is 11.3. The van der Waals surface area contributed by atoms with Crippen molar-refractivity contribution in [2.75, 3.05) is 0 Å². The summed E-state index contributed by atoms with van der Waals surface area (Å²) in [6.07, 6.45) is 3.54. The predicted octanol–water partition coefficient (Wildman–Crippen LogP) is 4.17. The lowest BCUT2D eigenvalue weighted by Crippen LogP contribution is -2.34. The highest BCUT2D eigenvalue weighted by atomic mass is 32.1. The Morgan fingerprint density at radius 2 is 2.00 bits per heavy atom. The Kier molecular flexibility index (Phi) is 5.24. The van der Waals surface area contributed by atoms with E-state index < -0.39 is 6.04 Å². The molecule has 0 aliphatic heterocycles. The maximum Gasteiger partial charge on any atom is 0.291 e. The maximum absolute atomic E-state index is 13.3. The molecule has 0 fully saturated rings. The Balaban J connectivity index is 1.80. The minimum Gasteiger partial charge on any atom is -0.347 e. The molecular formula is C22H24N4O2S. The van der Waals surface area contributed by atoms with Gasteiger partial charge in [0.1, 0.15) is 11.6 Å². The number of hydrogen-bond donors (Lipinski definition) is 1. The standard InChI is InChI=1S/C22H24N4O2S/c1-4-8-17(19-11-7-12-29-19)24-21(27)14(2)26-18-10-6-5-9-15(18)16-13-23-25(3)22(28)20(16)26/h5-7,9-14,17H,4,8H2,1-3H3,(H,24,27)/t14-,17-/m0/s1. The molecule has 4 aromatic rings. The van der Waals surface area contributed by atoms with Crippen LogP contribution in [0.25, 0.3) is 21.8 Å². The first-order valence-corrected chi connectivity index (χ1v) is 10.7. The lowest BCUT2D eigenvalue weighted by Gasteiger charge is -2.22. The number of aryl methyl sites for hydroxylation is 1. The predicted molar refractivity (Wildman–Crippen MR) is 117 cm³/mol. The number of para-hydroxylation sites is 1. The molecule has 1 amide bonds. The molecule has 0 unspecified atom stereocenters. The van der Waals surface area contributed by atoms with Gasteiger partial charge in [-0.3, -0.25) is 9.59 Å². The van der Waals surface area contributed by atoms with Crippen LogP contribution in [0.2, 0.25) is 0 Å². The molecule has 1 N–H and O–H groups in total. The normalized spacial score (nSPS) is 13.6. The molecule has 0 aliphatic rings. The monoisotopic (exact) mass is 408 g/mol. The van der Waals surface area contributed by atoms with Gasteiger partial charge in [0.15, 0.2) is 0 Å². The Bertz CT molecular complexity index is 1220. The number of benzene rings is 1. The molecule has 4 rings (SSSR count). The summed E-state index contributed by atoms with van der Waals surface area (Å²) in [5.74, 6) is -0.0987. The number of aromatic nitrogens is 3. The summed E-state index contributed by atoms with van der Waals surface area (Å²) in [4.78, 5) is 27.3. The number of nitrogens with one attached hydrogen (secondary N) is 1. The number of amides is 1. The zero-order chi connectivity index (χ0) is 20.5. The van der Waals surface area contributed by atoms with Gasteiger partial charge in [-0.2, -0.15) is 5.10 Å². The fourth-order valence-corrected chi connectivity index (χ4v) is 4.68. The van der Waals surface area contributed by atoms with Gasteiger partial charge in [0.05, 0.1) is 17.8 Å². The van der Waals surface area contributed by atoms with Crippen molar-refractivity contribution >= 4 is 39.0 Å². The molecule has 0 spiro atoms. The highest BCUT2D eigenvalue weighted by molar-refractivity contribution is 7.10. The number of hydrogen-bond acceptors (Lipinski definition) is 4. The Hall–Kier alpha value is -2.93. The van der Waals surface area contributed by atoms with Gasteiger partial charge in [-0.15, -0.1) is 11.3 Å². The molecule has 29 heavy (non-hydrogen) atoms. The first kappa shape index (κ1) is 19.4. The van der Waals surface area contributed by atoms with Crippen LogP contribution in [0, 0.1) is 0 Å². The third kappa shape index (κ3) is 3.35. The molecule has 0 aliphatic carbocycles. The maximum atomic E-state index is 13.3. The van der Waals surface area contributed by atoms with Crippen LogP contribution in [0.1, 0.15) is 43.6 Å². The highest BCUT2D eigenvalue weighted by Gasteiger charge is 2.25. The van der Waals surface area contributed by atoms with Gasteiger partial charge in [-0.1, -0.05) is 37.6 Å². The van der Waals surface area contributed by atoms with Crippen LogP contribution in [-0.2, 0) is 11.8 Å². The van der Waals surface area contributed by atoms with Crippen LogP contribution in [-0.4, -0.2) is 20.3 Å². The molecule has 0 saturated carbocycles. The van der Waals surface area contributed by atoms with E-state index in [-0.39, 0.29) is 17.5 Å². The van der Waals surface area contributed by atoms with Crippen molar-refractivity contribution in [1.29, 1.82) is 0 Å². The topological polar surface area (TPSA) is 68.9 Å². The zero-order valence-electron chi connectivity index (χ0n) is 16.8. The number of carbonyl (C=O) groups is 1. The smallest absolute Gasteiger partial charge is 0.291 e. The van der Waals surface area contributed by atoms with Gasteiger partial charge in [0.2, 0.25) is 5.91 Å². The van der Waals surface area contributed by atoms with Crippen molar-refractivity contribution in [1.82, 2.24) is 19.7 Å². The second kappa shape index (κ2) is 7.83. The van der Waals surface area contributed by atoms with E-state index in [1.807, 2.05) is 47.2 Å². The molecule has 0 radical (unpaired) electrons. The third-order valence-electron chi connectivity index (χ3n) is 5.35. The summed E-state index contributed by atoms with van der Waals surface area (Å²) >= 11 is 1.65. The van der Waals surface area contributed by atoms with Gasteiger partial charge < -0.3 is 9.88 Å².